The SMILES string of the molecule is CCSCC(O)COc1cccc(C(=O)CO)c1. The maximum atomic E-state index is 11.3. The second-order valence-electron chi connectivity index (χ2n) is 3.73. The molecule has 4 nitrogen and oxygen atoms in total. The second-order valence-corrected chi connectivity index (χ2v) is 5.05. The molecule has 2 N–H and O–H groups in total. The third kappa shape index (κ3) is 5.08. The van der Waals surface area contributed by atoms with Crippen molar-refractivity contribution in [2.45, 2.75) is 13.0 Å². The van der Waals surface area contributed by atoms with E-state index in [0.717, 1.165) is 5.75 Å². The Labute approximate surface area is 111 Å². The molecule has 0 aliphatic carbocycles. The Morgan fingerprint density at radius 1 is 1.50 bits per heavy atom. The number of rotatable bonds is 8. The molecule has 0 bridgehead atoms. The number of aliphatic hydroxyl groups excluding tert-OH is 2. The van der Waals surface area contributed by atoms with Crippen LogP contribution in [0.4, 0.5) is 0 Å². The second kappa shape index (κ2) is 8.13. The number of aliphatic hydroxyl groups is 2. The minimum absolute atomic E-state index is 0.198. The fourth-order valence-corrected chi connectivity index (χ4v) is 1.95. The molecule has 0 heterocycles. The van der Waals surface area contributed by atoms with Crippen LogP contribution in [0.5, 0.6) is 5.75 Å². The Hall–Kier alpha value is -1.04. The van der Waals surface area contributed by atoms with E-state index in [2.05, 4.69) is 0 Å². The van der Waals surface area contributed by atoms with Crippen molar-refractivity contribution in [1.82, 2.24) is 0 Å². The Morgan fingerprint density at radius 2 is 2.28 bits per heavy atom. The standard InChI is InChI=1S/C13H18O4S/c1-2-18-9-11(15)8-17-12-5-3-4-10(6-12)13(16)7-14/h3-6,11,14-15H,2,7-9H2,1H3. The number of carbonyl (C=O) groups is 1. The van der Waals surface area contributed by atoms with Gasteiger partial charge in [0.2, 0.25) is 0 Å². The maximum absolute atomic E-state index is 11.3. The molecule has 0 saturated carbocycles. The smallest absolute Gasteiger partial charge is 0.188 e. The van der Waals surface area contributed by atoms with Crippen LogP contribution in [0.2, 0.25) is 0 Å². The van der Waals surface area contributed by atoms with Crippen LogP contribution in [0, 0.1) is 0 Å². The zero-order valence-electron chi connectivity index (χ0n) is 10.3. The lowest BCUT2D eigenvalue weighted by molar-refractivity contribution is 0.0903. The van der Waals surface area contributed by atoms with Gasteiger partial charge in [0.1, 0.15) is 19.0 Å². The van der Waals surface area contributed by atoms with Gasteiger partial charge in [0.05, 0.1) is 6.10 Å². The van der Waals surface area contributed by atoms with E-state index in [1.54, 1.807) is 36.0 Å². The first-order chi connectivity index (χ1) is 8.67. The maximum Gasteiger partial charge on any atom is 0.188 e. The van der Waals surface area contributed by atoms with Crippen molar-refractivity contribution in [2.24, 2.45) is 0 Å². The van der Waals surface area contributed by atoms with E-state index in [4.69, 9.17) is 9.84 Å². The largest absolute Gasteiger partial charge is 0.491 e. The minimum Gasteiger partial charge on any atom is -0.491 e. The molecule has 5 heteroatoms. The normalized spacial score (nSPS) is 12.2. The first kappa shape index (κ1) is 15.0. The number of thioether (sulfide) groups is 1. The summed E-state index contributed by atoms with van der Waals surface area (Å²) in [5.41, 5.74) is 0.410. The highest BCUT2D eigenvalue weighted by molar-refractivity contribution is 7.99. The average Bonchev–Trinajstić information content (AvgIpc) is 2.42. The highest BCUT2D eigenvalue weighted by atomic mass is 32.2. The van der Waals surface area contributed by atoms with Crippen LogP contribution in [-0.4, -0.2) is 46.8 Å². The van der Waals surface area contributed by atoms with Gasteiger partial charge in [0, 0.05) is 11.3 Å². The van der Waals surface area contributed by atoms with Crippen LogP contribution in [-0.2, 0) is 0 Å². The molecule has 0 aromatic heterocycles. The van der Waals surface area contributed by atoms with Gasteiger partial charge in [-0.1, -0.05) is 19.1 Å². The first-order valence-electron chi connectivity index (χ1n) is 5.80. The summed E-state index contributed by atoms with van der Waals surface area (Å²) >= 11 is 1.65. The van der Waals surface area contributed by atoms with E-state index in [0.29, 0.717) is 17.1 Å². The van der Waals surface area contributed by atoms with Crippen molar-refractivity contribution < 1.29 is 19.7 Å². The van der Waals surface area contributed by atoms with Crippen molar-refractivity contribution >= 4 is 17.5 Å². The summed E-state index contributed by atoms with van der Waals surface area (Å²) in [6, 6.07) is 6.59. The number of benzene rings is 1. The molecule has 1 unspecified atom stereocenters. The predicted octanol–water partition coefficient (Wildman–Crippen LogP) is 1.35. The molecule has 100 valence electrons. The van der Waals surface area contributed by atoms with E-state index in [1.165, 1.54) is 0 Å². The van der Waals surface area contributed by atoms with Gasteiger partial charge >= 0.3 is 0 Å². The van der Waals surface area contributed by atoms with Gasteiger partial charge in [-0.25, -0.2) is 0 Å². The van der Waals surface area contributed by atoms with E-state index < -0.39 is 12.7 Å². The number of ketones is 1. The molecular weight excluding hydrogens is 252 g/mol. The number of ether oxygens (including phenoxy) is 1. The van der Waals surface area contributed by atoms with Gasteiger partial charge in [0.15, 0.2) is 5.78 Å². The molecule has 18 heavy (non-hydrogen) atoms. The van der Waals surface area contributed by atoms with Crippen molar-refractivity contribution in [3.05, 3.63) is 29.8 Å². The molecule has 1 atom stereocenters. The fourth-order valence-electron chi connectivity index (χ4n) is 1.35. The van der Waals surface area contributed by atoms with E-state index in [1.807, 2.05) is 6.92 Å². The fraction of sp³-hybridized carbons (Fsp3) is 0.462. The predicted molar refractivity (Wildman–Crippen MR) is 72.4 cm³/mol. The topological polar surface area (TPSA) is 66.8 Å². The average molecular weight is 270 g/mol. The number of hydrogen-bond donors (Lipinski definition) is 2. The molecule has 0 amide bonds. The Balaban J connectivity index is 2.49. The molecule has 0 spiro atoms. The number of Topliss-reactive ketones (excluding diaryl/α,β-unsaturated/α-hetero) is 1. The molecule has 1 aromatic rings. The van der Waals surface area contributed by atoms with Crippen LogP contribution in [0.3, 0.4) is 0 Å². The zero-order chi connectivity index (χ0) is 13.4. The Bertz CT molecular complexity index is 381. The lowest BCUT2D eigenvalue weighted by atomic mass is 10.1. The summed E-state index contributed by atoms with van der Waals surface area (Å²) in [6.07, 6.45) is -0.521. The Morgan fingerprint density at radius 3 is 2.94 bits per heavy atom. The summed E-state index contributed by atoms with van der Waals surface area (Å²) in [5, 5.41) is 18.4. The van der Waals surface area contributed by atoms with Crippen molar-refractivity contribution in [1.29, 1.82) is 0 Å². The quantitative estimate of drug-likeness (QED) is 0.698. The van der Waals surface area contributed by atoms with Crippen LogP contribution >= 0.6 is 11.8 Å². The van der Waals surface area contributed by atoms with Crippen molar-refractivity contribution in [2.75, 3.05) is 24.7 Å². The van der Waals surface area contributed by atoms with Crippen LogP contribution in [0.1, 0.15) is 17.3 Å². The molecule has 0 aliphatic rings. The molecule has 0 radical (unpaired) electrons. The third-order valence-electron chi connectivity index (χ3n) is 2.26. The zero-order valence-corrected chi connectivity index (χ0v) is 11.2. The van der Waals surface area contributed by atoms with Gasteiger partial charge < -0.3 is 14.9 Å². The Kier molecular flexibility index (Phi) is 6.78. The van der Waals surface area contributed by atoms with E-state index >= 15 is 0 Å². The van der Waals surface area contributed by atoms with E-state index in [9.17, 15) is 9.90 Å². The third-order valence-corrected chi connectivity index (χ3v) is 3.29. The molecular formula is C13H18O4S. The van der Waals surface area contributed by atoms with Gasteiger partial charge in [-0.2, -0.15) is 11.8 Å². The summed E-state index contributed by atoms with van der Waals surface area (Å²) in [7, 11) is 0. The summed E-state index contributed by atoms with van der Waals surface area (Å²) in [4.78, 5) is 11.3. The minimum atomic E-state index is -0.521. The van der Waals surface area contributed by atoms with Crippen LogP contribution in [0.15, 0.2) is 24.3 Å². The van der Waals surface area contributed by atoms with Crippen LogP contribution in [0.25, 0.3) is 0 Å². The molecule has 0 saturated heterocycles. The van der Waals surface area contributed by atoms with Gasteiger partial charge in [0.25, 0.3) is 0 Å². The highest BCUT2D eigenvalue weighted by Crippen LogP contribution is 2.14. The lowest BCUT2D eigenvalue weighted by Gasteiger charge is -2.12. The molecule has 0 aliphatic heterocycles. The summed E-state index contributed by atoms with van der Waals surface area (Å²) < 4.78 is 5.40. The lowest BCUT2D eigenvalue weighted by Crippen LogP contribution is -2.20. The van der Waals surface area contributed by atoms with Gasteiger partial charge in [-0.15, -0.1) is 0 Å². The van der Waals surface area contributed by atoms with Crippen molar-refractivity contribution in [3.63, 3.8) is 0 Å². The first-order valence-corrected chi connectivity index (χ1v) is 6.95. The molecule has 0 fully saturated rings. The molecule has 1 rings (SSSR count). The van der Waals surface area contributed by atoms with Gasteiger partial charge in [-0.05, 0) is 17.9 Å². The summed E-state index contributed by atoms with van der Waals surface area (Å²) in [6.45, 7) is 1.71. The number of hydrogen-bond acceptors (Lipinski definition) is 5. The molecule has 1 aromatic carbocycles. The van der Waals surface area contributed by atoms with Crippen molar-refractivity contribution in [3.8, 4) is 5.75 Å². The monoisotopic (exact) mass is 270 g/mol. The highest BCUT2D eigenvalue weighted by Gasteiger charge is 2.07. The van der Waals surface area contributed by atoms with Crippen LogP contribution < -0.4 is 4.74 Å². The van der Waals surface area contributed by atoms with Gasteiger partial charge in [-0.3, -0.25) is 4.79 Å². The van der Waals surface area contributed by atoms with E-state index in [-0.39, 0.29) is 12.4 Å². The summed E-state index contributed by atoms with van der Waals surface area (Å²) in [5.74, 6) is 1.76. The number of carbonyl (C=O) groups excluding carboxylic acids is 1.